The maximum absolute atomic E-state index is 12.4. The molecule has 2 aromatic rings. The van der Waals surface area contributed by atoms with Crippen LogP contribution in [-0.4, -0.2) is 17.6 Å². The molecule has 0 spiro atoms. The number of anilines is 1. The van der Waals surface area contributed by atoms with Crippen LogP contribution < -0.4 is 10.6 Å². The molecule has 0 aromatic heterocycles. The molecule has 1 atom stereocenters. The van der Waals surface area contributed by atoms with E-state index in [0.717, 1.165) is 17.7 Å². The van der Waals surface area contributed by atoms with Crippen LogP contribution in [0.2, 0.25) is 0 Å². The highest BCUT2D eigenvalue weighted by Gasteiger charge is 2.29. The molecule has 0 unspecified atom stereocenters. The number of benzene rings is 2. The number of rotatable bonds is 7. The second kappa shape index (κ2) is 10.3. The predicted octanol–water partition coefficient (Wildman–Crippen LogP) is 5.08. The Kier molecular flexibility index (Phi) is 7.54. The number of nitrogens with one attached hydrogen (secondary N) is 2. The quantitative estimate of drug-likeness (QED) is 0.638. The van der Waals surface area contributed by atoms with E-state index in [4.69, 9.17) is 0 Å². The molecular formula is C25H27N3O2S. The molecule has 2 aromatic carbocycles. The molecule has 1 heterocycles. The molecule has 1 aliphatic rings. The zero-order valence-corrected chi connectivity index (χ0v) is 18.9. The molecule has 0 saturated heterocycles. The monoisotopic (exact) mass is 433 g/mol. The Bertz CT molecular complexity index is 1020. The summed E-state index contributed by atoms with van der Waals surface area (Å²) in [6.07, 6.45) is 1.17. The molecule has 0 bridgehead atoms. The molecule has 0 fully saturated rings. The largest absolute Gasteiger partial charge is 0.325 e. The molecule has 31 heavy (non-hydrogen) atoms. The van der Waals surface area contributed by atoms with E-state index >= 15 is 0 Å². The minimum absolute atomic E-state index is 0.106. The fraction of sp³-hybridized carbons (Fsp3) is 0.320. The van der Waals surface area contributed by atoms with Crippen LogP contribution in [0.4, 0.5) is 5.69 Å². The standard InChI is InChI=1S/C25H27N3O2S/c1-4-17-5-11-20(12-6-17)27-24(30)15-31-25-22(14-26)21(13-23(29)28-25)19-9-7-18(8-10-19)16(2)3/h5-12,16,21H,4,13,15H2,1-3H3,(H,27,30)(H,28,29)/t21-/m0/s1. The third-order valence-electron chi connectivity index (χ3n) is 5.36. The van der Waals surface area contributed by atoms with E-state index < -0.39 is 0 Å². The van der Waals surface area contributed by atoms with E-state index in [1.54, 1.807) is 0 Å². The summed E-state index contributed by atoms with van der Waals surface area (Å²) in [5, 5.41) is 15.9. The Hall–Kier alpha value is -3.04. The average molecular weight is 434 g/mol. The van der Waals surface area contributed by atoms with Crippen LogP contribution in [0, 0.1) is 11.3 Å². The van der Waals surface area contributed by atoms with Crippen molar-refractivity contribution in [1.29, 1.82) is 5.26 Å². The van der Waals surface area contributed by atoms with Crippen LogP contribution >= 0.6 is 11.8 Å². The van der Waals surface area contributed by atoms with Gasteiger partial charge in [0.15, 0.2) is 0 Å². The first-order valence-corrected chi connectivity index (χ1v) is 11.4. The number of hydrogen-bond donors (Lipinski definition) is 2. The lowest BCUT2D eigenvalue weighted by molar-refractivity contribution is -0.121. The van der Waals surface area contributed by atoms with Gasteiger partial charge in [0.25, 0.3) is 0 Å². The minimum atomic E-state index is -0.299. The first kappa shape index (κ1) is 22.6. The first-order chi connectivity index (χ1) is 14.9. The summed E-state index contributed by atoms with van der Waals surface area (Å²) in [6.45, 7) is 6.33. The number of amides is 2. The van der Waals surface area contributed by atoms with Crippen LogP contribution in [0.25, 0.3) is 0 Å². The van der Waals surface area contributed by atoms with Crippen molar-refractivity contribution in [3.63, 3.8) is 0 Å². The van der Waals surface area contributed by atoms with Gasteiger partial charge in [0.05, 0.1) is 22.4 Å². The summed E-state index contributed by atoms with van der Waals surface area (Å²) < 4.78 is 0. The topological polar surface area (TPSA) is 82.0 Å². The summed E-state index contributed by atoms with van der Waals surface area (Å²) in [7, 11) is 0. The van der Waals surface area contributed by atoms with Crippen molar-refractivity contribution in [3.05, 3.63) is 75.8 Å². The second-order valence-corrected chi connectivity index (χ2v) is 8.85. The first-order valence-electron chi connectivity index (χ1n) is 10.5. The van der Waals surface area contributed by atoms with Crippen molar-refractivity contribution in [2.75, 3.05) is 11.1 Å². The van der Waals surface area contributed by atoms with Gasteiger partial charge in [-0.3, -0.25) is 9.59 Å². The third-order valence-corrected chi connectivity index (χ3v) is 6.37. The number of carbonyl (C=O) groups is 2. The summed E-state index contributed by atoms with van der Waals surface area (Å²) in [6, 6.07) is 18.0. The molecule has 2 amide bonds. The number of hydrogen-bond acceptors (Lipinski definition) is 4. The number of aryl methyl sites for hydroxylation is 1. The van der Waals surface area contributed by atoms with Crippen LogP contribution in [-0.2, 0) is 16.0 Å². The van der Waals surface area contributed by atoms with Gasteiger partial charge in [0.1, 0.15) is 0 Å². The normalized spacial score (nSPS) is 16.1. The molecule has 5 nitrogen and oxygen atoms in total. The summed E-state index contributed by atoms with van der Waals surface area (Å²) in [5.74, 6) is -0.105. The molecular weight excluding hydrogens is 406 g/mol. The zero-order chi connectivity index (χ0) is 22.4. The molecule has 0 radical (unpaired) electrons. The number of nitrogens with zero attached hydrogens (tertiary/aromatic N) is 1. The zero-order valence-electron chi connectivity index (χ0n) is 18.1. The summed E-state index contributed by atoms with van der Waals surface area (Å²) in [5.41, 5.74) is 4.59. The molecule has 3 rings (SSSR count). The number of allylic oxidation sites excluding steroid dienone is 1. The van der Waals surface area contributed by atoms with Gasteiger partial charge in [-0.1, -0.05) is 68.9 Å². The SMILES string of the molecule is CCc1ccc(NC(=O)CSC2=C(C#N)[C@H](c3ccc(C(C)C)cc3)CC(=O)N2)cc1. The van der Waals surface area contributed by atoms with Crippen LogP contribution in [0.5, 0.6) is 0 Å². The second-order valence-electron chi connectivity index (χ2n) is 7.87. The molecule has 2 N–H and O–H groups in total. The maximum Gasteiger partial charge on any atom is 0.234 e. The van der Waals surface area contributed by atoms with Crippen LogP contribution in [0.3, 0.4) is 0 Å². The smallest absolute Gasteiger partial charge is 0.234 e. The Morgan fingerprint density at radius 3 is 2.45 bits per heavy atom. The Morgan fingerprint density at radius 1 is 1.19 bits per heavy atom. The summed E-state index contributed by atoms with van der Waals surface area (Å²) in [4.78, 5) is 24.7. The lowest BCUT2D eigenvalue weighted by Gasteiger charge is -2.25. The van der Waals surface area contributed by atoms with Gasteiger partial charge in [-0.25, -0.2) is 0 Å². The molecule has 6 heteroatoms. The Balaban J connectivity index is 1.72. The van der Waals surface area contributed by atoms with Gasteiger partial charge in [0.2, 0.25) is 11.8 Å². The van der Waals surface area contributed by atoms with Crippen molar-refractivity contribution in [3.8, 4) is 6.07 Å². The predicted molar refractivity (Wildman–Crippen MR) is 126 cm³/mol. The van der Waals surface area contributed by atoms with Crippen LogP contribution in [0.15, 0.2) is 59.1 Å². The van der Waals surface area contributed by atoms with Crippen molar-refractivity contribution in [1.82, 2.24) is 5.32 Å². The van der Waals surface area contributed by atoms with Crippen molar-refractivity contribution in [2.24, 2.45) is 0 Å². The fourth-order valence-electron chi connectivity index (χ4n) is 3.49. The minimum Gasteiger partial charge on any atom is -0.325 e. The molecule has 0 saturated carbocycles. The van der Waals surface area contributed by atoms with Crippen molar-refractivity contribution in [2.45, 2.75) is 45.4 Å². The average Bonchev–Trinajstić information content (AvgIpc) is 2.78. The van der Waals surface area contributed by atoms with Gasteiger partial charge >= 0.3 is 0 Å². The lowest BCUT2D eigenvalue weighted by Crippen LogP contribution is -2.31. The lowest BCUT2D eigenvalue weighted by atomic mass is 9.86. The van der Waals surface area contributed by atoms with Gasteiger partial charge in [0, 0.05) is 18.0 Å². The fourth-order valence-corrected chi connectivity index (χ4v) is 4.37. The number of thioether (sulfide) groups is 1. The van der Waals surface area contributed by atoms with Crippen LogP contribution in [0.1, 0.15) is 55.7 Å². The maximum atomic E-state index is 12.4. The molecule has 160 valence electrons. The highest BCUT2D eigenvalue weighted by Crippen LogP contribution is 2.36. The van der Waals surface area contributed by atoms with Gasteiger partial charge in [-0.15, -0.1) is 0 Å². The molecule has 1 aliphatic heterocycles. The van der Waals surface area contributed by atoms with Crippen molar-refractivity contribution >= 4 is 29.3 Å². The molecule has 0 aliphatic carbocycles. The van der Waals surface area contributed by atoms with E-state index in [-0.39, 0.29) is 29.9 Å². The Labute approximate surface area is 187 Å². The van der Waals surface area contributed by atoms with E-state index in [9.17, 15) is 14.9 Å². The van der Waals surface area contributed by atoms with Gasteiger partial charge in [-0.05, 0) is 41.2 Å². The number of nitriles is 1. The van der Waals surface area contributed by atoms with Gasteiger partial charge in [-0.2, -0.15) is 5.26 Å². The summed E-state index contributed by atoms with van der Waals surface area (Å²) >= 11 is 1.19. The van der Waals surface area contributed by atoms with Gasteiger partial charge < -0.3 is 10.6 Å². The highest BCUT2D eigenvalue weighted by atomic mass is 32.2. The van der Waals surface area contributed by atoms with E-state index in [1.807, 2.05) is 48.5 Å². The number of carbonyl (C=O) groups excluding carboxylic acids is 2. The Morgan fingerprint density at radius 2 is 1.87 bits per heavy atom. The third kappa shape index (κ3) is 5.77. The van der Waals surface area contributed by atoms with E-state index in [2.05, 4.69) is 37.5 Å². The van der Waals surface area contributed by atoms with E-state index in [0.29, 0.717) is 16.5 Å². The highest BCUT2D eigenvalue weighted by molar-refractivity contribution is 8.03. The van der Waals surface area contributed by atoms with Crippen molar-refractivity contribution < 1.29 is 9.59 Å². The van der Waals surface area contributed by atoms with E-state index in [1.165, 1.54) is 22.9 Å².